The highest BCUT2D eigenvalue weighted by molar-refractivity contribution is 5.31. The van der Waals surface area contributed by atoms with Crippen LogP contribution in [-0.4, -0.2) is 53.6 Å². The molecule has 0 radical (unpaired) electrons. The van der Waals surface area contributed by atoms with Gasteiger partial charge in [0.05, 0.1) is 18.8 Å². The average Bonchev–Trinajstić information content (AvgIpc) is 3.31. The van der Waals surface area contributed by atoms with Gasteiger partial charge in [-0.05, 0) is 111 Å². The number of aliphatic hydroxyl groups excluding tert-OH is 3. The summed E-state index contributed by atoms with van der Waals surface area (Å²) in [5.41, 5.74) is 1.89. The fourth-order valence-electron chi connectivity index (χ4n) is 11.9. The van der Waals surface area contributed by atoms with E-state index in [9.17, 15) is 15.3 Å². The fraction of sp³-hybridized carbons (Fsp3) is 0.935. The summed E-state index contributed by atoms with van der Waals surface area (Å²) in [6.07, 6.45) is 10.9. The van der Waals surface area contributed by atoms with E-state index in [-0.39, 0.29) is 47.3 Å². The molecule has 6 fully saturated rings. The van der Waals surface area contributed by atoms with Crippen LogP contribution in [0.3, 0.4) is 0 Å². The normalized spacial score (nSPS) is 59.5. The lowest BCUT2D eigenvalue weighted by atomic mass is 9.41. The zero-order chi connectivity index (χ0) is 25.9. The number of ether oxygens (including phenoxy) is 2. The van der Waals surface area contributed by atoms with E-state index in [4.69, 9.17) is 9.47 Å². The number of aliphatic hydroxyl groups is 3. The summed E-state index contributed by atoms with van der Waals surface area (Å²) < 4.78 is 12.1. The quantitative estimate of drug-likeness (QED) is 0.468. The summed E-state index contributed by atoms with van der Waals surface area (Å²) in [5, 5.41) is 32.9. The van der Waals surface area contributed by atoms with Crippen LogP contribution in [0.1, 0.15) is 92.4 Å². The Balaban J connectivity index is 1.32. The summed E-state index contributed by atoms with van der Waals surface area (Å²) in [7, 11) is 1.73. The molecule has 2 spiro atoms. The van der Waals surface area contributed by atoms with Crippen molar-refractivity contribution in [2.75, 3.05) is 13.7 Å². The maximum Gasteiger partial charge on any atom is 0.163 e. The van der Waals surface area contributed by atoms with Crippen molar-refractivity contribution in [2.24, 2.45) is 50.7 Å². The molecule has 5 nitrogen and oxygen atoms in total. The van der Waals surface area contributed by atoms with Gasteiger partial charge in [0.15, 0.2) is 6.29 Å². The number of hydrogen-bond donors (Lipinski definition) is 3. The second kappa shape index (κ2) is 8.03. The van der Waals surface area contributed by atoms with Gasteiger partial charge in [-0.3, -0.25) is 0 Å². The lowest BCUT2D eigenvalue weighted by Gasteiger charge is -2.63. The molecule has 3 N–H and O–H groups in total. The first-order valence-electron chi connectivity index (χ1n) is 14.7. The summed E-state index contributed by atoms with van der Waals surface area (Å²) >= 11 is 0. The first-order valence-corrected chi connectivity index (χ1v) is 14.7. The molecule has 5 aliphatic carbocycles. The van der Waals surface area contributed by atoms with Crippen LogP contribution in [-0.2, 0) is 9.47 Å². The van der Waals surface area contributed by atoms with Gasteiger partial charge in [0.25, 0.3) is 0 Å². The predicted octanol–water partition coefficient (Wildman–Crippen LogP) is 5.07. The molecular formula is C31H50O5. The van der Waals surface area contributed by atoms with Crippen molar-refractivity contribution in [3.05, 3.63) is 11.6 Å². The Bertz CT molecular complexity index is 930. The molecule has 1 saturated heterocycles. The zero-order valence-electron chi connectivity index (χ0n) is 23.4. The Morgan fingerprint density at radius 3 is 2.28 bits per heavy atom. The van der Waals surface area contributed by atoms with Gasteiger partial charge in [0.1, 0.15) is 6.10 Å². The molecular weight excluding hydrogens is 452 g/mol. The molecule has 6 rings (SSSR count). The van der Waals surface area contributed by atoms with Crippen LogP contribution in [0.5, 0.6) is 0 Å². The lowest BCUT2D eigenvalue weighted by molar-refractivity contribution is -0.184. The van der Waals surface area contributed by atoms with Crippen LogP contribution in [0.25, 0.3) is 0 Å². The van der Waals surface area contributed by atoms with Gasteiger partial charge in [0, 0.05) is 18.4 Å². The Hall–Kier alpha value is -0.460. The maximum atomic E-state index is 11.5. The van der Waals surface area contributed by atoms with E-state index in [1.807, 2.05) is 0 Å². The maximum absolute atomic E-state index is 11.5. The minimum absolute atomic E-state index is 0.00323. The minimum atomic E-state index is -0.530. The summed E-state index contributed by atoms with van der Waals surface area (Å²) in [6.45, 7) is 11.5. The van der Waals surface area contributed by atoms with Crippen molar-refractivity contribution < 1.29 is 24.8 Å². The van der Waals surface area contributed by atoms with Crippen LogP contribution in [0.4, 0.5) is 0 Å². The predicted molar refractivity (Wildman–Crippen MR) is 139 cm³/mol. The molecule has 1 aliphatic heterocycles. The number of allylic oxidation sites excluding steroid dienone is 1. The van der Waals surface area contributed by atoms with Crippen molar-refractivity contribution in [1.82, 2.24) is 0 Å². The van der Waals surface area contributed by atoms with Crippen molar-refractivity contribution in [3.63, 3.8) is 0 Å². The molecule has 5 saturated carbocycles. The Kier molecular flexibility index (Phi) is 5.76. The highest BCUT2D eigenvalue weighted by Crippen LogP contribution is 2.89. The van der Waals surface area contributed by atoms with Gasteiger partial charge in [0.2, 0.25) is 0 Å². The molecule has 0 aromatic carbocycles. The molecule has 0 aromatic heterocycles. The largest absolute Gasteiger partial charge is 0.396 e. The summed E-state index contributed by atoms with van der Waals surface area (Å²) in [5.74, 6) is 1.52. The number of hydrogen-bond acceptors (Lipinski definition) is 5. The zero-order valence-corrected chi connectivity index (χ0v) is 23.4. The van der Waals surface area contributed by atoms with Crippen LogP contribution in [0, 0.1) is 50.7 Å². The Morgan fingerprint density at radius 2 is 1.61 bits per heavy atom. The number of fused-ring (bicyclic) bond motifs is 2. The van der Waals surface area contributed by atoms with E-state index in [1.165, 1.54) is 37.7 Å². The minimum Gasteiger partial charge on any atom is -0.396 e. The van der Waals surface area contributed by atoms with E-state index in [0.717, 1.165) is 25.7 Å². The second-order valence-electron chi connectivity index (χ2n) is 14.9. The van der Waals surface area contributed by atoms with Crippen molar-refractivity contribution in [2.45, 2.75) is 117 Å². The van der Waals surface area contributed by atoms with Crippen molar-refractivity contribution in [3.8, 4) is 0 Å². The van der Waals surface area contributed by atoms with Gasteiger partial charge in [-0.2, -0.15) is 0 Å². The van der Waals surface area contributed by atoms with Gasteiger partial charge in [-0.25, -0.2) is 0 Å². The van der Waals surface area contributed by atoms with E-state index >= 15 is 0 Å². The average molecular weight is 503 g/mol. The summed E-state index contributed by atoms with van der Waals surface area (Å²) in [6, 6.07) is 0. The van der Waals surface area contributed by atoms with Crippen LogP contribution in [0.15, 0.2) is 11.6 Å². The highest BCUT2D eigenvalue weighted by atomic mass is 16.7. The SMILES string of the molecule is COC1O[C@H](C=C(C)C)[C@@H](O)[C@@H]1[C@H]1CC[C@@]2(C)[C@@H]3CC[C@H]4[C@@](C)(CO)[C@@H](O)CC[C@@]45C[C@@]35CC[C@]12C. The van der Waals surface area contributed by atoms with Crippen molar-refractivity contribution >= 4 is 0 Å². The molecule has 0 aromatic rings. The van der Waals surface area contributed by atoms with E-state index in [2.05, 4.69) is 40.7 Å². The van der Waals surface area contributed by atoms with E-state index in [1.54, 1.807) is 7.11 Å². The summed E-state index contributed by atoms with van der Waals surface area (Å²) in [4.78, 5) is 0. The first-order chi connectivity index (χ1) is 16.9. The van der Waals surface area contributed by atoms with Crippen molar-refractivity contribution in [1.29, 1.82) is 0 Å². The molecule has 0 bridgehead atoms. The van der Waals surface area contributed by atoms with E-state index in [0.29, 0.717) is 28.6 Å². The highest BCUT2D eigenvalue weighted by Gasteiger charge is 2.82. The molecule has 1 heterocycles. The first kappa shape index (κ1) is 25.8. The third-order valence-electron chi connectivity index (χ3n) is 13.8. The van der Waals surface area contributed by atoms with Gasteiger partial charge in [-0.15, -0.1) is 0 Å². The van der Waals surface area contributed by atoms with Gasteiger partial charge in [-0.1, -0.05) is 32.4 Å². The lowest BCUT2D eigenvalue weighted by Crippen LogP contribution is -2.59. The standard InChI is InChI=1S/C31H50O5/c1-18(2)15-20-25(34)24(26(35-6)36-20)19-9-11-29(5)22-8-7-21-27(3,17-32)23(33)10-12-30(21)16-31(22,30)14-13-28(19,29)4/h15,19-26,32-34H,7-14,16-17H2,1-6H3/t19-,20-,21+,22+,23+,24+,25-,26?,27-,28-,29+,30-,31+/m1/s1. The third kappa shape index (κ3) is 2.91. The monoisotopic (exact) mass is 502 g/mol. The molecule has 36 heavy (non-hydrogen) atoms. The van der Waals surface area contributed by atoms with Crippen LogP contribution in [0.2, 0.25) is 0 Å². The molecule has 13 atom stereocenters. The van der Waals surface area contributed by atoms with E-state index < -0.39 is 6.10 Å². The second-order valence-corrected chi connectivity index (χ2v) is 14.9. The Morgan fingerprint density at radius 1 is 0.917 bits per heavy atom. The topological polar surface area (TPSA) is 79.2 Å². The fourth-order valence-corrected chi connectivity index (χ4v) is 11.9. The number of methoxy groups -OCH3 is 1. The smallest absolute Gasteiger partial charge is 0.163 e. The van der Waals surface area contributed by atoms with Gasteiger partial charge < -0.3 is 24.8 Å². The van der Waals surface area contributed by atoms with Crippen LogP contribution >= 0.6 is 0 Å². The third-order valence-corrected chi connectivity index (χ3v) is 13.8. The molecule has 1 unspecified atom stereocenters. The molecule has 6 aliphatic rings. The molecule has 0 amide bonds. The van der Waals surface area contributed by atoms with Crippen LogP contribution < -0.4 is 0 Å². The molecule has 5 heteroatoms. The Labute approximate surface area is 218 Å². The van der Waals surface area contributed by atoms with Gasteiger partial charge >= 0.3 is 0 Å². The number of rotatable bonds is 4. The molecule has 204 valence electrons.